The van der Waals surface area contributed by atoms with Gasteiger partial charge < -0.3 is 15.8 Å². The number of methoxy groups -OCH3 is 1. The maximum Gasteiger partial charge on any atom is 0.308 e. The number of ether oxygens (including phenoxy) is 1. The Hall–Kier alpha value is -1.74. The fraction of sp³-hybridized carbons (Fsp3) is 0.824. The molecule has 10 heteroatoms. The van der Waals surface area contributed by atoms with E-state index in [9.17, 15) is 9.59 Å². The van der Waals surface area contributed by atoms with E-state index in [1.54, 1.807) is 0 Å². The number of rotatable bonds is 6. The minimum atomic E-state index is -0.550. The molecule has 1 aromatic heterocycles. The van der Waals surface area contributed by atoms with E-state index in [-0.39, 0.29) is 30.2 Å². The second-order valence-electron chi connectivity index (χ2n) is 7.39. The van der Waals surface area contributed by atoms with Crippen LogP contribution < -0.4 is 11.1 Å². The van der Waals surface area contributed by atoms with E-state index in [1.165, 1.54) is 11.9 Å². The van der Waals surface area contributed by atoms with Gasteiger partial charge in [-0.25, -0.2) is 0 Å². The van der Waals surface area contributed by atoms with Crippen molar-refractivity contribution in [1.29, 1.82) is 0 Å². The summed E-state index contributed by atoms with van der Waals surface area (Å²) in [6, 6.07) is -0.550. The van der Waals surface area contributed by atoms with Gasteiger partial charge in [0, 0.05) is 5.92 Å². The van der Waals surface area contributed by atoms with Gasteiger partial charge in [-0.2, -0.15) is 4.80 Å². The summed E-state index contributed by atoms with van der Waals surface area (Å²) in [4.78, 5) is 25.0. The molecule has 1 atom stereocenters. The largest absolute Gasteiger partial charge is 0.469 e. The molecule has 152 valence electrons. The van der Waals surface area contributed by atoms with Crippen molar-refractivity contribution in [3.8, 4) is 0 Å². The maximum absolute atomic E-state index is 11.9. The molecule has 9 nitrogen and oxygen atoms in total. The fourth-order valence-corrected chi connectivity index (χ4v) is 4.04. The lowest BCUT2D eigenvalue weighted by atomic mass is 9.82. The molecule has 2 aliphatic rings. The molecule has 2 heterocycles. The number of nitrogens with one attached hydrogen (secondary N) is 1. The van der Waals surface area contributed by atoms with Gasteiger partial charge >= 0.3 is 5.97 Å². The lowest BCUT2D eigenvalue weighted by molar-refractivity contribution is -0.146. The number of halogens is 1. The van der Waals surface area contributed by atoms with E-state index < -0.39 is 11.9 Å². The Bertz CT molecular complexity index is 626. The Morgan fingerprint density at radius 2 is 1.89 bits per heavy atom. The number of aromatic nitrogens is 4. The van der Waals surface area contributed by atoms with Gasteiger partial charge in [0.15, 0.2) is 11.9 Å². The van der Waals surface area contributed by atoms with Crippen molar-refractivity contribution in [3.05, 3.63) is 5.82 Å². The number of hydrogen-bond donors (Lipinski definition) is 2. The molecule has 1 saturated carbocycles. The number of carbonyl (C=O) groups is 2. The number of amides is 1. The standard InChI is InChI=1S/C17H28N6O3.ClH/c1-26-17(25)13-4-2-12(3-5-13)16-20-22-23(21-16)14(15(18)24)10-11-6-8-19-9-7-11;/h11-14,19H,2-10H2,1H3,(H2,18,24);1H. The van der Waals surface area contributed by atoms with Crippen LogP contribution in [0.5, 0.6) is 0 Å². The highest BCUT2D eigenvalue weighted by molar-refractivity contribution is 5.85. The smallest absolute Gasteiger partial charge is 0.308 e. The monoisotopic (exact) mass is 400 g/mol. The van der Waals surface area contributed by atoms with E-state index in [0.29, 0.717) is 18.2 Å². The Morgan fingerprint density at radius 1 is 1.22 bits per heavy atom. The molecular formula is C17H29ClN6O3. The van der Waals surface area contributed by atoms with Crippen LogP contribution in [0.4, 0.5) is 0 Å². The van der Waals surface area contributed by atoms with E-state index in [2.05, 4.69) is 20.7 Å². The summed E-state index contributed by atoms with van der Waals surface area (Å²) in [5.41, 5.74) is 5.61. The summed E-state index contributed by atoms with van der Waals surface area (Å²) >= 11 is 0. The lowest BCUT2D eigenvalue weighted by Crippen LogP contribution is -2.34. The molecule has 2 fully saturated rings. The average Bonchev–Trinajstić information content (AvgIpc) is 3.16. The van der Waals surface area contributed by atoms with E-state index in [0.717, 1.165) is 51.6 Å². The van der Waals surface area contributed by atoms with Gasteiger partial charge in [-0.05, 0) is 69.2 Å². The fourth-order valence-electron chi connectivity index (χ4n) is 4.04. The number of nitrogens with two attached hydrogens (primary N) is 1. The molecule has 1 aliphatic heterocycles. The summed E-state index contributed by atoms with van der Waals surface area (Å²) < 4.78 is 4.82. The Kier molecular flexibility index (Phi) is 7.97. The Labute approximate surface area is 165 Å². The number of esters is 1. The zero-order chi connectivity index (χ0) is 18.5. The number of tetrazole rings is 1. The zero-order valence-corrected chi connectivity index (χ0v) is 16.5. The van der Waals surface area contributed by atoms with Crippen LogP contribution in [0.2, 0.25) is 0 Å². The molecule has 3 rings (SSSR count). The summed E-state index contributed by atoms with van der Waals surface area (Å²) in [6.07, 6.45) is 5.88. The summed E-state index contributed by atoms with van der Waals surface area (Å²) in [5.74, 6) is 0.655. The third-order valence-corrected chi connectivity index (χ3v) is 5.69. The number of nitrogens with zero attached hydrogens (tertiary/aromatic N) is 4. The van der Waals surface area contributed by atoms with E-state index in [4.69, 9.17) is 10.5 Å². The molecule has 0 bridgehead atoms. The molecule has 0 radical (unpaired) electrons. The van der Waals surface area contributed by atoms with Gasteiger partial charge in [0.2, 0.25) is 5.91 Å². The van der Waals surface area contributed by atoms with Gasteiger partial charge in [-0.1, -0.05) is 0 Å². The van der Waals surface area contributed by atoms with Crippen molar-refractivity contribution in [3.63, 3.8) is 0 Å². The number of piperidine rings is 1. The molecule has 1 saturated heterocycles. The van der Waals surface area contributed by atoms with Crippen molar-refractivity contribution in [2.75, 3.05) is 20.2 Å². The number of primary amides is 1. The average molecular weight is 401 g/mol. The van der Waals surface area contributed by atoms with Crippen molar-refractivity contribution in [2.45, 2.75) is 56.9 Å². The van der Waals surface area contributed by atoms with Gasteiger partial charge in [0.25, 0.3) is 0 Å². The first-order chi connectivity index (χ1) is 12.6. The van der Waals surface area contributed by atoms with Crippen LogP contribution in [0.3, 0.4) is 0 Å². The van der Waals surface area contributed by atoms with Crippen molar-refractivity contribution in [2.24, 2.45) is 17.6 Å². The predicted octanol–water partition coefficient (Wildman–Crippen LogP) is 0.958. The Morgan fingerprint density at radius 3 is 2.48 bits per heavy atom. The zero-order valence-electron chi connectivity index (χ0n) is 15.7. The highest BCUT2D eigenvalue weighted by atomic mass is 35.5. The number of carbonyl (C=O) groups excluding carboxylic acids is 2. The van der Waals surface area contributed by atoms with Crippen molar-refractivity contribution >= 4 is 24.3 Å². The van der Waals surface area contributed by atoms with Crippen LogP contribution in [0.1, 0.15) is 62.7 Å². The first-order valence-corrected chi connectivity index (χ1v) is 9.45. The molecule has 1 amide bonds. The van der Waals surface area contributed by atoms with Crippen LogP contribution in [-0.4, -0.2) is 52.3 Å². The normalized spacial score (nSPS) is 24.6. The molecular weight excluding hydrogens is 372 g/mol. The highest BCUT2D eigenvalue weighted by Gasteiger charge is 2.31. The summed E-state index contributed by atoms with van der Waals surface area (Å²) in [5, 5.41) is 16.1. The Balaban J connectivity index is 0.00000261. The minimum Gasteiger partial charge on any atom is -0.469 e. The van der Waals surface area contributed by atoms with E-state index in [1.807, 2.05) is 0 Å². The molecule has 1 unspecified atom stereocenters. The minimum absolute atomic E-state index is 0. The molecule has 1 aromatic rings. The van der Waals surface area contributed by atoms with E-state index >= 15 is 0 Å². The predicted molar refractivity (Wildman–Crippen MR) is 100 cm³/mol. The highest BCUT2D eigenvalue weighted by Crippen LogP contribution is 2.34. The van der Waals surface area contributed by atoms with Crippen LogP contribution >= 0.6 is 12.4 Å². The van der Waals surface area contributed by atoms with Crippen molar-refractivity contribution < 1.29 is 14.3 Å². The SMILES string of the molecule is COC(=O)C1CCC(c2nnn(C(CC3CCNCC3)C(N)=O)n2)CC1.Cl. The van der Waals surface area contributed by atoms with Gasteiger partial charge in [-0.15, -0.1) is 22.6 Å². The first kappa shape index (κ1) is 21.6. The van der Waals surface area contributed by atoms with Crippen LogP contribution in [-0.2, 0) is 14.3 Å². The molecule has 3 N–H and O–H groups in total. The van der Waals surface area contributed by atoms with Gasteiger partial charge in [-0.3, -0.25) is 9.59 Å². The summed E-state index contributed by atoms with van der Waals surface area (Å²) in [7, 11) is 1.42. The molecule has 0 aromatic carbocycles. The quantitative estimate of drug-likeness (QED) is 0.681. The second-order valence-corrected chi connectivity index (χ2v) is 7.39. The lowest BCUT2D eigenvalue weighted by Gasteiger charge is -2.25. The molecule has 1 aliphatic carbocycles. The van der Waals surface area contributed by atoms with Crippen molar-refractivity contribution in [1.82, 2.24) is 25.5 Å². The van der Waals surface area contributed by atoms with Crippen LogP contribution in [0.25, 0.3) is 0 Å². The van der Waals surface area contributed by atoms with Crippen LogP contribution in [0, 0.1) is 11.8 Å². The van der Waals surface area contributed by atoms with Gasteiger partial charge in [0.1, 0.15) is 0 Å². The maximum atomic E-state index is 11.9. The topological polar surface area (TPSA) is 125 Å². The number of hydrogen-bond acceptors (Lipinski definition) is 7. The first-order valence-electron chi connectivity index (χ1n) is 9.45. The third kappa shape index (κ3) is 5.38. The summed E-state index contributed by atoms with van der Waals surface area (Å²) in [6.45, 7) is 1.94. The second kappa shape index (κ2) is 9.98. The van der Waals surface area contributed by atoms with Crippen LogP contribution in [0.15, 0.2) is 0 Å². The third-order valence-electron chi connectivity index (χ3n) is 5.69. The molecule has 27 heavy (non-hydrogen) atoms. The molecule has 0 spiro atoms. The van der Waals surface area contributed by atoms with Gasteiger partial charge in [0.05, 0.1) is 13.0 Å².